The van der Waals surface area contributed by atoms with Crippen molar-refractivity contribution in [1.29, 1.82) is 0 Å². The second-order valence-electron chi connectivity index (χ2n) is 5.88. The number of ether oxygens (including phenoxy) is 1. The van der Waals surface area contributed by atoms with E-state index in [1.807, 2.05) is 47.7 Å². The summed E-state index contributed by atoms with van der Waals surface area (Å²) in [4.78, 5) is 17.0. The molecule has 2 heterocycles. The third-order valence-corrected chi connectivity index (χ3v) is 4.28. The average molecular weight is 319 g/mol. The highest BCUT2D eigenvalue weighted by Gasteiger charge is 2.11. The monoisotopic (exact) mass is 319 g/mol. The molecule has 4 aromatic rings. The van der Waals surface area contributed by atoms with Gasteiger partial charge in [-0.25, -0.2) is 4.98 Å². The van der Waals surface area contributed by atoms with Gasteiger partial charge in [-0.1, -0.05) is 18.2 Å². The zero-order chi connectivity index (χ0) is 16.7. The molecule has 5 nitrogen and oxygen atoms in total. The molecule has 0 amide bonds. The van der Waals surface area contributed by atoms with Crippen LogP contribution < -0.4 is 10.3 Å². The highest BCUT2D eigenvalue weighted by Crippen LogP contribution is 2.18. The van der Waals surface area contributed by atoms with Crippen LogP contribution in [0.1, 0.15) is 11.1 Å². The molecule has 5 heteroatoms. The Hall–Kier alpha value is -3.08. The predicted molar refractivity (Wildman–Crippen MR) is 93.8 cm³/mol. The first-order chi connectivity index (χ1) is 11.7. The van der Waals surface area contributed by atoms with Gasteiger partial charge in [-0.15, -0.1) is 0 Å². The summed E-state index contributed by atoms with van der Waals surface area (Å²) in [5.41, 5.74) is 4.61. The van der Waals surface area contributed by atoms with E-state index in [9.17, 15) is 4.79 Å². The maximum atomic E-state index is 12.9. The van der Waals surface area contributed by atoms with Crippen LogP contribution in [0.3, 0.4) is 0 Å². The standard InChI is InChI=1S/C19H17N3O2/c1-13-3-8-16-17(9-13)22-12-20-10-18(22)19(23)21(16)11-14-4-6-15(24-2)7-5-14/h3-10,12H,11H2,1-2H3. The Morgan fingerprint density at radius 1 is 1.04 bits per heavy atom. The second kappa shape index (κ2) is 5.53. The fraction of sp³-hybridized carbons (Fsp3) is 0.158. The van der Waals surface area contributed by atoms with Crippen LogP contribution in [0, 0.1) is 6.92 Å². The highest BCUT2D eigenvalue weighted by atomic mass is 16.5. The van der Waals surface area contributed by atoms with E-state index in [1.165, 1.54) is 0 Å². The number of fused-ring (bicyclic) bond motifs is 3. The van der Waals surface area contributed by atoms with Crippen LogP contribution >= 0.6 is 0 Å². The molecular formula is C19H17N3O2. The van der Waals surface area contributed by atoms with E-state index in [0.717, 1.165) is 27.9 Å². The molecule has 2 aromatic heterocycles. The van der Waals surface area contributed by atoms with Gasteiger partial charge in [-0.05, 0) is 42.3 Å². The van der Waals surface area contributed by atoms with Crippen molar-refractivity contribution in [2.75, 3.05) is 7.11 Å². The van der Waals surface area contributed by atoms with Crippen LogP contribution in [0.5, 0.6) is 5.75 Å². The van der Waals surface area contributed by atoms with E-state index in [1.54, 1.807) is 24.2 Å². The fourth-order valence-electron chi connectivity index (χ4n) is 3.02. The van der Waals surface area contributed by atoms with E-state index in [2.05, 4.69) is 11.1 Å². The predicted octanol–water partition coefficient (Wildman–Crippen LogP) is 3.01. The van der Waals surface area contributed by atoms with E-state index in [0.29, 0.717) is 12.1 Å². The van der Waals surface area contributed by atoms with Crippen LogP contribution in [0.2, 0.25) is 0 Å². The van der Waals surface area contributed by atoms with Gasteiger partial charge in [0, 0.05) is 0 Å². The first kappa shape index (κ1) is 14.5. The molecule has 0 aliphatic rings. The normalized spacial score (nSPS) is 11.2. The summed E-state index contributed by atoms with van der Waals surface area (Å²) < 4.78 is 8.85. The number of nitrogens with zero attached hydrogens (tertiary/aromatic N) is 3. The van der Waals surface area contributed by atoms with Gasteiger partial charge in [0.25, 0.3) is 5.56 Å². The lowest BCUT2D eigenvalue weighted by molar-refractivity contribution is 0.414. The summed E-state index contributed by atoms with van der Waals surface area (Å²) in [6.07, 6.45) is 3.31. The van der Waals surface area contributed by atoms with Gasteiger partial charge in [0.05, 0.1) is 37.2 Å². The topological polar surface area (TPSA) is 48.5 Å². The molecule has 0 unspecified atom stereocenters. The number of imidazole rings is 1. The van der Waals surface area contributed by atoms with Gasteiger partial charge in [-0.2, -0.15) is 0 Å². The molecule has 0 fully saturated rings. The zero-order valence-electron chi connectivity index (χ0n) is 13.6. The van der Waals surface area contributed by atoms with Crippen molar-refractivity contribution in [3.8, 4) is 5.75 Å². The number of hydrogen-bond acceptors (Lipinski definition) is 3. The molecule has 0 saturated carbocycles. The van der Waals surface area contributed by atoms with Crippen molar-refractivity contribution in [3.05, 3.63) is 76.5 Å². The molecular weight excluding hydrogens is 302 g/mol. The largest absolute Gasteiger partial charge is 0.497 e. The smallest absolute Gasteiger partial charge is 0.277 e. The minimum Gasteiger partial charge on any atom is -0.497 e. The highest BCUT2D eigenvalue weighted by molar-refractivity contribution is 5.79. The van der Waals surface area contributed by atoms with Crippen LogP contribution in [0.15, 0.2) is 59.8 Å². The zero-order valence-corrected chi connectivity index (χ0v) is 13.6. The van der Waals surface area contributed by atoms with E-state index in [4.69, 9.17) is 4.74 Å². The quantitative estimate of drug-likeness (QED) is 0.583. The summed E-state index contributed by atoms with van der Waals surface area (Å²) in [6, 6.07) is 13.9. The Kier molecular flexibility index (Phi) is 3.34. The first-order valence-corrected chi connectivity index (χ1v) is 7.75. The van der Waals surface area contributed by atoms with E-state index >= 15 is 0 Å². The number of hydrogen-bond donors (Lipinski definition) is 0. The van der Waals surface area contributed by atoms with Crippen LogP contribution in [-0.4, -0.2) is 21.1 Å². The average Bonchev–Trinajstić information content (AvgIpc) is 3.09. The molecule has 0 spiro atoms. The number of rotatable bonds is 3. The molecule has 0 bridgehead atoms. The maximum Gasteiger partial charge on any atom is 0.277 e. The van der Waals surface area contributed by atoms with Gasteiger partial charge in [0.15, 0.2) is 0 Å². The molecule has 24 heavy (non-hydrogen) atoms. The summed E-state index contributed by atoms with van der Waals surface area (Å²) >= 11 is 0. The first-order valence-electron chi connectivity index (χ1n) is 7.75. The van der Waals surface area contributed by atoms with Crippen molar-refractivity contribution < 1.29 is 4.74 Å². The molecule has 120 valence electrons. The number of aromatic nitrogens is 3. The summed E-state index contributed by atoms with van der Waals surface area (Å²) in [5, 5.41) is 0. The summed E-state index contributed by atoms with van der Waals surface area (Å²) in [7, 11) is 1.64. The lowest BCUT2D eigenvalue weighted by Gasteiger charge is -2.13. The Labute approximate surface area is 138 Å². The second-order valence-corrected chi connectivity index (χ2v) is 5.88. The van der Waals surface area contributed by atoms with Crippen LogP contribution in [0.4, 0.5) is 0 Å². The Morgan fingerprint density at radius 3 is 2.58 bits per heavy atom. The van der Waals surface area contributed by atoms with Gasteiger partial charge in [0.1, 0.15) is 11.3 Å². The van der Waals surface area contributed by atoms with Gasteiger partial charge >= 0.3 is 0 Å². The van der Waals surface area contributed by atoms with Crippen molar-refractivity contribution in [2.45, 2.75) is 13.5 Å². The minimum atomic E-state index is -0.0420. The lowest BCUT2D eigenvalue weighted by Crippen LogP contribution is -2.23. The third-order valence-electron chi connectivity index (χ3n) is 4.28. The molecule has 0 saturated heterocycles. The number of methoxy groups -OCH3 is 1. The molecule has 2 aromatic carbocycles. The van der Waals surface area contributed by atoms with Crippen LogP contribution in [-0.2, 0) is 6.54 Å². The maximum absolute atomic E-state index is 12.9. The van der Waals surface area contributed by atoms with E-state index < -0.39 is 0 Å². The Morgan fingerprint density at radius 2 is 1.83 bits per heavy atom. The van der Waals surface area contributed by atoms with Crippen molar-refractivity contribution >= 4 is 16.6 Å². The lowest BCUT2D eigenvalue weighted by atomic mass is 10.1. The summed E-state index contributed by atoms with van der Waals surface area (Å²) in [6.45, 7) is 2.55. The third kappa shape index (κ3) is 2.25. The molecule has 0 aliphatic carbocycles. The molecule has 4 rings (SSSR count). The molecule has 0 aliphatic heterocycles. The van der Waals surface area contributed by atoms with Crippen LogP contribution in [0.25, 0.3) is 16.6 Å². The molecule has 0 N–H and O–H groups in total. The van der Waals surface area contributed by atoms with E-state index in [-0.39, 0.29) is 5.56 Å². The number of benzene rings is 2. The number of aryl methyl sites for hydroxylation is 1. The Bertz CT molecular complexity index is 1090. The van der Waals surface area contributed by atoms with Gasteiger partial charge in [0.2, 0.25) is 0 Å². The molecule has 0 atom stereocenters. The SMILES string of the molecule is COc1ccc(Cn2c(=O)c3cncn3c3cc(C)ccc32)cc1. The van der Waals surface area contributed by atoms with Crippen molar-refractivity contribution in [1.82, 2.24) is 14.0 Å². The minimum absolute atomic E-state index is 0.0420. The summed E-state index contributed by atoms with van der Waals surface area (Å²) in [5.74, 6) is 0.804. The van der Waals surface area contributed by atoms with Crippen molar-refractivity contribution in [2.24, 2.45) is 0 Å². The van der Waals surface area contributed by atoms with Gasteiger partial charge < -0.3 is 9.30 Å². The Balaban J connectivity index is 1.95. The van der Waals surface area contributed by atoms with Gasteiger partial charge in [-0.3, -0.25) is 9.20 Å². The molecule has 0 radical (unpaired) electrons. The van der Waals surface area contributed by atoms with Crippen molar-refractivity contribution in [3.63, 3.8) is 0 Å². The fourth-order valence-corrected chi connectivity index (χ4v) is 3.02.